The smallest absolute Gasteiger partial charge is 0.139 e. The number of rotatable bonds is 4. The Bertz CT molecular complexity index is 758. The van der Waals surface area contributed by atoms with Crippen molar-refractivity contribution in [2.75, 3.05) is 26.9 Å². The first-order chi connectivity index (χ1) is 11.7. The zero-order valence-corrected chi connectivity index (χ0v) is 14.3. The van der Waals surface area contributed by atoms with Gasteiger partial charge in [0, 0.05) is 25.5 Å². The van der Waals surface area contributed by atoms with Gasteiger partial charge in [-0.25, -0.2) is 15.0 Å². The largest absolute Gasteiger partial charge is 0.352 e. The van der Waals surface area contributed by atoms with Crippen LogP contribution in [0.5, 0.6) is 0 Å². The Labute approximate surface area is 141 Å². The summed E-state index contributed by atoms with van der Waals surface area (Å²) >= 11 is 0. The van der Waals surface area contributed by atoms with Crippen molar-refractivity contribution in [1.29, 1.82) is 0 Å². The van der Waals surface area contributed by atoms with Crippen LogP contribution in [0.15, 0.2) is 52.7 Å². The van der Waals surface area contributed by atoms with Crippen LogP contribution in [0.25, 0.3) is 5.70 Å². The molecule has 0 fully saturated rings. The Morgan fingerprint density at radius 1 is 1.33 bits per heavy atom. The summed E-state index contributed by atoms with van der Waals surface area (Å²) in [6, 6.07) is 0. The molecule has 1 aromatic heterocycles. The van der Waals surface area contributed by atoms with E-state index < -0.39 is 0 Å². The molecule has 0 aliphatic carbocycles. The Balaban J connectivity index is 1.83. The second-order valence-corrected chi connectivity index (χ2v) is 6.17. The Kier molecular flexibility index (Phi) is 3.65. The lowest BCUT2D eigenvalue weighted by Gasteiger charge is -2.40. The van der Waals surface area contributed by atoms with E-state index in [1.54, 1.807) is 13.3 Å². The van der Waals surface area contributed by atoms with Crippen molar-refractivity contribution in [3.63, 3.8) is 0 Å². The molecular formula is C17H22N6O. The van der Waals surface area contributed by atoms with Crippen molar-refractivity contribution in [1.82, 2.24) is 24.4 Å². The van der Waals surface area contributed by atoms with Gasteiger partial charge in [-0.2, -0.15) is 0 Å². The van der Waals surface area contributed by atoms with Crippen molar-refractivity contribution >= 4 is 11.9 Å². The number of imidazole rings is 1. The van der Waals surface area contributed by atoms with Crippen molar-refractivity contribution in [2.24, 2.45) is 4.99 Å². The molecule has 0 atom stereocenters. The van der Waals surface area contributed by atoms with Gasteiger partial charge in [-0.3, -0.25) is 4.84 Å². The Morgan fingerprint density at radius 2 is 2.21 bits per heavy atom. The standard InChI is InChI=1S/C17H22N6O/c1-4-6-20-9-13(2)16(21-7-5-18-11-21)15-17(20)23-12-22(24-3)10-14(23)8-19-15/h5,7-8,10-11H,4,6,9,12H2,1-3H3. The molecule has 0 N–H and O–H groups in total. The van der Waals surface area contributed by atoms with E-state index in [9.17, 15) is 0 Å². The van der Waals surface area contributed by atoms with Crippen LogP contribution in [0, 0.1) is 0 Å². The van der Waals surface area contributed by atoms with Crippen LogP contribution in [0.2, 0.25) is 0 Å². The molecule has 0 saturated carbocycles. The Morgan fingerprint density at radius 3 is 2.92 bits per heavy atom. The average Bonchev–Trinajstić information content (AvgIpc) is 3.23. The van der Waals surface area contributed by atoms with Crippen LogP contribution in [-0.2, 0) is 4.84 Å². The van der Waals surface area contributed by atoms with Gasteiger partial charge in [-0.15, -0.1) is 0 Å². The maximum absolute atomic E-state index is 5.38. The molecule has 7 nitrogen and oxygen atoms in total. The minimum Gasteiger partial charge on any atom is -0.352 e. The monoisotopic (exact) mass is 326 g/mol. The third kappa shape index (κ3) is 2.24. The summed E-state index contributed by atoms with van der Waals surface area (Å²) in [5.41, 5.74) is 4.48. The highest BCUT2D eigenvalue weighted by Gasteiger charge is 2.36. The van der Waals surface area contributed by atoms with E-state index in [0.717, 1.165) is 42.4 Å². The minimum absolute atomic E-state index is 0.674. The number of allylic oxidation sites excluding steroid dienone is 2. The fourth-order valence-electron chi connectivity index (χ4n) is 3.51. The molecule has 0 radical (unpaired) electrons. The van der Waals surface area contributed by atoms with Gasteiger partial charge in [0.2, 0.25) is 0 Å². The van der Waals surface area contributed by atoms with Crippen LogP contribution >= 0.6 is 0 Å². The van der Waals surface area contributed by atoms with Gasteiger partial charge < -0.3 is 14.4 Å². The zero-order valence-electron chi connectivity index (χ0n) is 14.3. The first-order valence-electron chi connectivity index (χ1n) is 8.24. The molecule has 0 saturated heterocycles. The summed E-state index contributed by atoms with van der Waals surface area (Å²) in [6.45, 7) is 6.95. The second kappa shape index (κ2) is 5.83. The Hall–Kier alpha value is -2.54. The first-order valence-corrected chi connectivity index (χ1v) is 8.24. The molecule has 24 heavy (non-hydrogen) atoms. The lowest BCUT2D eigenvalue weighted by Crippen LogP contribution is -2.42. The molecule has 3 aliphatic rings. The summed E-state index contributed by atoms with van der Waals surface area (Å²) in [7, 11) is 1.69. The van der Waals surface area contributed by atoms with E-state index in [1.165, 1.54) is 5.57 Å². The summed E-state index contributed by atoms with van der Waals surface area (Å²) in [6.07, 6.45) is 10.6. The van der Waals surface area contributed by atoms with E-state index in [4.69, 9.17) is 9.83 Å². The van der Waals surface area contributed by atoms with E-state index in [2.05, 4.69) is 33.2 Å². The van der Waals surface area contributed by atoms with Crippen molar-refractivity contribution < 1.29 is 4.84 Å². The van der Waals surface area contributed by atoms with E-state index in [1.807, 2.05) is 30.0 Å². The molecular weight excluding hydrogens is 304 g/mol. The SMILES string of the molecule is CCCN1CC(C)=C(n2ccnc2)C2=C1N1CN(OC)C=C1C=N2. The fourth-order valence-corrected chi connectivity index (χ4v) is 3.51. The molecule has 1 aromatic rings. The third-order valence-electron chi connectivity index (χ3n) is 4.51. The number of aromatic nitrogens is 2. The summed E-state index contributed by atoms with van der Waals surface area (Å²) in [5, 5.41) is 1.82. The molecule has 0 bridgehead atoms. The molecule has 0 aromatic carbocycles. The third-order valence-corrected chi connectivity index (χ3v) is 4.51. The normalized spacial score (nSPS) is 20.0. The van der Waals surface area contributed by atoms with E-state index in [0.29, 0.717) is 6.67 Å². The van der Waals surface area contributed by atoms with Gasteiger partial charge in [0.15, 0.2) is 0 Å². The minimum atomic E-state index is 0.674. The number of fused-ring (bicyclic) bond motifs is 2. The fraction of sp³-hybridized carbons (Fsp3) is 0.412. The second-order valence-electron chi connectivity index (χ2n) is 6.17. The summed E-state index contributed by atoms with van der Waals surface area (Å²) in [5.74, 6) is 1.15. The lowest BCUT2D eigenvalue weighted by atomic mass is 10.1. The van der Waals surface area contributed by atoms with Gasteiger partial charge in [-0.05, 0) is 18.9 Å². The first kappa shape index (κ1) is 15.0. The molecule has 7 heteroatoms. The summed E-state index contributed by atoms with van der Waals surface area (Å²) < 4.78 is 2.06. The van der Waals surface area contributed by atoms with Crippen LogP contribution < -0.4 is 0 Å². The number of hydrogen-bond donors (Lipinski definition) is 0. The molecule has 126 valence electrons. The van der Waals surface area contributed by atoms with Crippen LogP contribution in [0.1, 0.15) is 20.3 Å². The van der Waals surface area contributed by atoms with Crippen LogP contribution in [0.4, 0.5) is 0 Å². The van der Waals surface area contributed by atoms with Gasteiger partial charge in [0.1, 0.15) is 18.2 Å². The van der Waals surface area contributed by atoms with Gasteiger partial charge in [-0.1, -0.05) is 6.92 Å². The number of aliphatic imine (C=N–C) groups is 1. The molecule has 0 spiro atoms. The number of hydroxylamine groups is 2. The highest BCUT2D eigenvalue weighted by atomic mass is 16.7. The highest BCUT2D eigenvalue weighted by Crippen LogP contribution is 2.38. The summed E-state index contributed by atoms with van der Waals surface area (Å²) in [4.78, 5) is 19.1. The molecule has 3 aliphatic heterocycles. The van der Waals surface area contributed by atoms with Gasteiger partial charge in [0.25, 0.3) is 0 Å². The predicted molar refractivity (Wildman–Crippen MR) is 92.1 cm³/mol. The number of nitrogens with zero attached hydrogens (tertiary/aromatic N) is 6. The maximum Gasteiger partial charge on any atom is 0.139 e. The van der Waals surface area contributed by atoms with Gasteiger partial charge >= 0.3 is 0 Å². The molecule has 0 amide bonds. The van der Waals surface area contributed by atoms with Crippen LogP contribution in [-0.4, -0.2) is 57.5 Å². The van der Waals surface area contributed by atoms with Gasteiger partial charge in [0.05, 0.1) is 37.2 Å². The lowest BCUT2D eigenvalue weighted by molar-refractivity contribution is -0.0971. The zero-order chi connectivity index (χ0) is 16.7. The van der Waals surface area contributed by atoms with Crippen molar-refractivity contribution in [3.05, 3.63) is 47.7 Å². The molecule has 4 rings (SSSR count). The number of hydrogen-bond acceptors (Lipinski definition) is 6. The van der Waals surface area contributed by atoms with Crippen molar-refractivity contribution in [3.8, 4) is 0 Å². The molecule has 0 unspecified atom stereocenters. The van der Waals surface area contributed by atoms with E-state index in [-0.39, 0.29) is 0 Å². The quantitative estimate of drug-likeness (QED) is 0.848. The molecule has 4 heterocycles. The average molecular weight is 326 g/mol. The van der Waals surface area contributed by atoms with Crippen molar-refractivity contribution in [2.45, 2.75) is 20.3 Å². The topological polar surface area (TPSA) is 49.1 Å². The predicted octanol–water partition coefficient (Wildman–Crippen LogP) is 2.07. The maximum atomic E-state index is 5.38. The van der Waals surface area contributed by atoms with E-state index >= 15 is 0 Å². The highest BCUT2D eigenvalue weighted by molar-refractivity contribution is 5.85. The van der Waals surface area contributed by atoms with Crippen LogP contribution in [0.3, 0.4) is 0 Å².